The zero-order valence-corrected chi connectivity index (χ0v) is 15.2. The summed E-state index contributed by atoms with van der Waals surface area (Å²) >= 11 is 0. The first-order valence-electron chi connectivity index (χ1n) is 9.22. The Bertz CT molecular complexity index is 760. The minimum Gasteiger partial charge on any atom is -0.352 e. The van der Waals surface area contributed by atoms with E-state index in [1.807, 2.05) is 36.4 Å². The van der Waals surface area contributed by atoms with Gasteiger partial charge >= 0.3 is 6.03 Å². The first kappa shape index (κ1) is 18.8. The minimum absolute atomic E-state index is 0.0894. The van der Waals surface area contributed by atoms with Crippen molar-refractivity contribution in [3.05, 3.63) is 59.9 Å². The highest BCUT2D eigenvalue weighted by molar-refractivity contribution is 5.89. The fourth-order valence-electron chi connectivity index (χ4n) is 3.03. The molecule has 0 spiro atoms. The van der Waals surface area contributed by atoms with Crippen LogP contribution in [0.4, 0.5) is 10.5 Å². The summed E-state index contributed by atoms with van der Waals surface area (Å²) in [5, 5.41) is 11.9. The van der Waals surface area contributed by atoms with Crippen molar-refractivity contribution in [2.24, 2.45) is 5.92 Å². The predicted molar refractivity (Wildman–Crippen MR) is 104 cm³/mol. The SMILES string of the molecule is O=C(NCc1ccncc1)Nc1cccc(CNC(=O)C2CCNCC2)c1. The van der Waals surface area contributed by atoms with Gasteiger partial charge in [0.1, 0.15) is 0 Å². The number of piperidine rings is 1. The molecule has 4 N–H and O–H groups in total. The Kier molecular flexibility index (Phi) is 6.76. The number of carbonyl (C=O) groups is 2. The van der Waals surface area contributed by atoms with E-state index in [4.69, 9.17) is 0 Å². The number of carbonyl (C=O) groups excluding carboxylic acids is 2. The number of aromatic nitrogens is 1. The van der Waals surface area contributed by atoms with Gasteiger partial charge in [0.05, 0.1) is 0 Å². The molecule has 27 heavy (non-hydrogen) atoms. The number of hydrogen-bond acceptors (Lipinski definition) is 4. The lowest BCUT2D eigenvalue weighted by Crippen LogP contribution is -2.37. The summed E-state index contributed by atoms with van der Waals surface area (Å²) in [6, 6.07) is 10.9. The molecule has 1 fully saturated rings. The second kappa shape index (κ2) is 9.68. The molecule has 1 aromatic carbocycles. The van der Waals surface area contributed by atoms with E-state index < -0.39 is 0 Å². The fraction of sp³-hybridized carbons (Fsp3) is 0.350. The van der Waals surface area contributed by atoms with E-state index in [2.05, 4.69) is 26.3 Å². The van der Waals surface area contributed by atoms with E-state index in [1.165, 1.54) is 0 Å². The molecule has 0 unspecified atom stereocenters. The van der Waals surface area contributed by atoms with Crippen molar-refractivity contribution >= 4 is 17.6 Å². The van der Waals surface area contributed by atoms with Gasteiger partial charge in [0.25, 0.3) is 0 Å². The average Bonchev–Trinajstić information content (AvgIpc) is 2.72. The molecule has 1 aliphatic rings. The smallest absolute Gasteiger partial charge is 0.319 e. The van der Waals surface area contributed by atoms with Crippen molar-refractivity contribution in [3.63, 3.8) is 0 Å². The van der Waals surface area contributed by atoms with Gasteiger partial charge in [-0.15, -0.1) is 0 Å². The predicted octanol–water partition coefficient (Wildman–Crippen LogP) is 2.02. The summed E-state index contributed by atoms with van der Waals surface area (Å²) in [4.78, 5) is 28.2. The molecule has 0 aliphatic carbocycles. The third kappa shape index (κ3) is 6.07. The van der Waals surface area contributed by atoms with Gasteiger partial charge in [-0.25, -0.2) is 4.79 Å². The third-order valence-corrected chi connectivity index (χ3v) is 4.56. The van der Waals surface area contributed by atoms with E-state index in [9.17, 15) is 9.59 Å². The highest BCUT2D eigenvalue weighted by Gasteiger charge is 2.20. The molecule has 0 atom stereocenters. The van der Waals surface area contributed by atoms with Crippen LogP contribution in [0, 0.1) is 5.92 Å². The molecular formula is C20H25N5O2. The molecule has 0 saturated carbocycles. The number of pyridine rings is 1. The standard InChI is InChI=1S/C20H25N5O2/c26-19(17-6-10-22-11-7-17)23-14-16-2-1-3-18(12-16)25-20(27)24-13-15-4-8-21-9-5-15/h1-5,8-9,12,17,22H,6-7,10-11,13-14H2,(H,23,26)(H2,24,25,27). The number of nitrogens with one attached hydrogen (secondary N) is 4. The Hall–Kier alpha value is -2.93. The van der Waals surface area contributed by atoms with Crippen LogP contribution in [0.25, 0.3) is 0 Å². The van der Waals surface area contributed by atoms with Crippen LogP contribution < -0.4 is 21.3 Å². The molecule has 3 rings (SSSR count). The summed E-state index contributed by atoms with van der Waals surface area (Å²) in [6.45, 7) is 2.68. The van der Waals surface area contributed by atoms with Gasteiger partial charge in [-0.3, -0.25) is 9.78 Å². The lowest BCUT2D eigenvalue weighted by atomic mass is 9.97. The highest BCUT2D eigenvalue weighted by atomic mass is 16.2. The largest absolute Gasteiger partial charge is 0.352 e. The molecule has 1 aromatic heterocycles. The van der Waals surface area contributed by atoms with E-state index >= 15 is 0 Å². The molecule has 142 valence electrons. The molecule has 7 nitrogen and oxygen atoms in total. The summed E-state index contributed by atoms with van der Waals surface area (Å²) in [7, 11) is 0. The Morgan fingerprint density at radius 3 is 2.52 bits per heavy atom. The molecule has 0 radical (unpaired) electrons. The summed E-state index contributed by atoms with van der Waals surface area (Å²) in [6.07, 6.45) is 5.14. The summed E-state index contributed by atoms with van der Waals surface area (Å²) in [5.41, 5.74) is 2.62. The van der Waals surface area contributed by atoms with Gasteiger partial charge in [0.2, 0.25) is 5.91 Å². The van der Waals surface area contributed by atoms with Crippen LogP contribution in [0.3, 0.4) is 0 Å². The van der Waals surface area contributed by atoms with Crippen LogP contribution in [0.15, 0.2) is 48.8 Å². The van der Waals surface area contributed by atoms with Crippen molar-refractivity contribution in [1.29, 1.82) is 0 Å². The summed E-state index contributed by atoms with van der Waals surface area (Å²) < 4.78 is 0. The van der Waals surface area contributed by atoms with Gasteiger partial charge in [0, 0.05) is 37.1 Å². The fourth-order valence-corrected chi connectivity index (χ4v) is 3.03. The van der Waals surface area contributed by atoms with E-state index in [1.54, 1.807) is 12.4 Å². The second-order valence-electron chi connectivity index (χ2n) is 6.61. The van der Waals surface area contributed by atoms with Crippen LogP contribution in [0.5, 0.6) is 0 Å². The maximum absolute atomic E-state index is 12.2. The lowest BCUT2D eigenvalue weighted by molar-refractivity contribution is -0.125. The third-order valence-electron chi connectivity index (χ3n) is 4.56. The molecule has 1 aliphatic heterocycles. The quantitative estimate of drug-likeness (QED) is 0.628. The zero-order chi connectivity index (χ0) is 18.9. The van der Waals surface area contributed by atoms with Crippen molar-refractivity contribution in [2.45, 2.75) is 25.9 Å². The maximum Gasteiger partial charge on any atom is 0.319 e. The van der Waals surface area contributed by atoms with Crippen molar-refractivity contribution in [3.8, 4) is 0 Å². The van der Waals surface area contributed by atoms with Crippen LogP contribution in [0.1, 0.15) is 24.0 Å². The molecule has 2 aromatic rings. The van der Waals surface area contributed by atoms with Crippen LogP contribution >= 0.6 is 0 Å². The monoisotopic (exact) mass is 367 g/mol. The second-order valence-corrected chi connectivity index (χ2v) is 6.61. The Morgan fingerprint density at radius 1 is 1.00 bits per heavy atom. The Morgan fingerprint density at radius 2 is 1.74 bits per heavy atom. The number of urea groups is 1. The highest BCUT2D eigenvalue weighted by Crippen LogP contribution is 2.13. The van der Waals surface area contributed by atoms with E-state index in [-0.39, 0.29) is 17.9 Å². The molecule has 3 amide bonds. The van der Waals surface area contributed by atoms with Crippen LogP contribution in [0.2, 0.25) is 0 Å². The Labute approximate surface area is 159 Å². The van der Waals surface area contributed by atoms with Crippen molar-refractivity contribution < 1.29 is 9.59 Å². The average molecular weight is 367 g/mol. The molecule has 0 bridgehead atoms. The van der Waals surface area contributed by atoms with E-state index in [0.717, 1.165) is 37.1 Å². The molecule has 7 heteroatoms. The number of nitrogens with zero attached hydrogens (tertiary/aromatic N) is 1. The number of amides is 3. The van der Waals surface area contributed by atoms with E-state index in [0.29, 0.717) is 18.8 Å². The zero-order valence-electron chi connectivity index (χ0n) is 15.2. The molecular weight excluding hydrogens is 342 g/mol. The van der Waals surface area contributed by atoms with Gasteiger partial charge in [-0.05, 0) is 61.3 Å². The Balaban J connectivity index is 1.46. The van der Waals surface area contributed by atoms with Gasteiger partial charge in [-0.1, -0.05) is 12.1 Å². The van der Waals surface area contributed by atoms with Crippen molar-refractivity contribution in [2.75, 3.05) is 18.4 Å². The van der Waals surface area contributed by atoms with Gasteiger partial charge in [-0.2, -0.15) is 0 Å². The van der Waals surface area contributed by atoms with Gasteiger partial charge in [0.15, 0.2) is 0 Å². The number of hydrogen-bond donors (Lipinski definition) is 4. The summed E-state index contributed by atoms with van der Waals surface area (Å²) in [5.74, 6) is 0.191. The topological polar surface area (TPSA) is 95.2 Å². The number of benzene rings is 1. The normalized spacial score (nSPS) is 14.4. The number of rotatable bonds is 6. The van der Waals surface area contributed by atoms with Crippen LogP contribution in [-0.4, -0.2) is 30.0 Å². The van der Waals surface area contributed by atoms with Gasteiger partial charge < -0.3 is 21.3 Å². The number of anilines is 1. The first-order valence-corrected chi connectivity index (χ1v) is 9.22. The van der Waals surface area contributed by atoms with Crippen molar-refractivity contribution in [1.82, 2.24) is 20.9 Å². The lowest BCUT2D eigenvalue weighted by Gasteiger charge is -2.21. The first-order chi connectivity index (χ1) is 13.2. The maximum atomic E-state index is 12.2. The molecule has 2 heterocycles. The minimum atomic E-state index is -0.275. The van der Waals surface area contributed by atoms with Crippen LogP contribution in [-0.2, 0) is 17.9 Å². The molecule has 1 saturated heterocycles.